The monoisotopic (exact) mass is 244 g/mol. The highest BCUT2D eigenvalue weighted by Gasteiger charge is 2.40. The van der Waals surface area contributed by atoms with Crippen LogP contribution in [0.5, 0.6) is 0 Å². The molecule has 96 valence electrons. The van der Waals surface area contributed by atoms with Crippen LogP contribution >= 0.6 is 0 Å². The van der Waals surface area contributed by atoms with Crippen molar-refractivity contribution in [3.05, 3.63) is 41.5 Å². The molecule has 0 heterocycles. The Morgan fingerprint density at radius 1 is 1.33 bits per heavy atom. The highest BCUT2D eigenvalue weighted by molar-refractivity contribution is 5.67. The second-order valence-corrected chi connectivity index (χ2v) is 5.61. The minimum Gasteiger partial charge on any atom is -0.457 e. The molecule has 1 aliphatic carbocycles. The minimum absolute atomic E-state index is 0.0340. The van der Waals surface area contributed by atoms with Gasteiger partial charge in [-0.25, -0.2) is 0 Å². The van der Waals surface area contributed by atoms with Gasteiger partial charge in [0.1, 0.15) is 6.10 Å². The van der Waals surface area contributed by atoms with Crippen LogP contribution in [0, 0.1) is 5.41 Å². The second kappa shape index (κ2) is 4.97. The van der Waals surface area contributed by atoms with Crippen LogP contribution in [-0.4, -0.2) is 12.1 Å². The maximum atomic E-state index is 11.2. The summed E-state index contributed by atoms with van der Waals surface area (Å²) in [5.41, 5.74) is 2.43. The zero-order chi connectivity index (χ0) is 13.2. The molecule has 1 saturated carbocycles. The van der Waals surface area contributed by atoms with Crippen molar-refractivity contribution in [3.8, 4) is 0 Å². The van der Waals surface area contributed by atoms with Crippen molar-refractivity contribution < 1.29 is 9.53 Å². The van der Waals surface area contributed by atoms with Crippen LogP contribution in [0.2, 0.25) is 0 Å². The van der Waals surface area contributed by atoms with Crippen LogP contribution in [0.1, 0.15) is 39.2 Å². The fraction of sp³-hybridized carbons (Fsp3) is 0.438. The first-order valence-electron chi connectivity index (χ1n) is 6.42. The predicted molar refractivity (Wildman–Crippen MR) is 73.0 cm³/mol. The van der Waals surface area contributed by atoms with Crippen molar-refractivity contribution in [2.75, 3.05) is 0 Å². The summed E-state index contributed by atoms with van der Waals surface area (Å²) in [6, 6.07) is 10.2. The molecule has 1 fully saturated rings. The number of esters is 1. The van der Waals surface area contributed by atoms with Gasteiger partial charge in [-0.2, -0.15) is 0 Å². The molecule has 1 atom stereocenters. The molecule has 2 nitrogen and oxygen atoms in total. The summed E-state index contributed by atoms with van der Waals surface area (Å²) in [6.45, 7) is 5.80. The summed E-state index contributed by atoms with van der Waals surface area (Å²) in [4.78, 5) is 11.2. The van der Waals surface area contributed by atoms with Crippen LogP contribution in [-0.2, 0) is 9.53 Å². The summed E-state index contributed by atoms with van der Waals surface area (Å²) in [5, 5.41) is 0. The zero-order valence-electron chi connectivity index (χ0n) is 11.3. The molecule has 0 saturated heterocycles. The molecule has 0 radical (unpaired) electrons. The van der Waals surface area contributed by atoms with Crippen LogP contribution in [0.15, 0.2) is 35.9 Å². The molecule has 1 aromatic rings. The van der Waals surface area contributed by atoms with Gasteiger partial charge in [0.05, 0.1) is 0 Å². The maximum Gasteiger partial charge on any atom is 0.303 e. The van der Waals surface area contributed by atoms with Gasteiger partial charge in [0, 0.05) is 12.3 Å². The van der Waals surface area contributed by atoms with Crippen molar-refractivity contribution in [1.82, 2.24) is 0 Å². The third kappa shape index (κ3) is 2.81. The summed E-state index contributed by atoms with van der Waals surface area (Å²) in [5.74, 6) is -0.200. The van der Waals surface area contributed by atoms with E-state index in [1.165, 1.54) is 18.1 Å². The largest absolute Gasteiger partial charge is 0.457 e. The molecule has 0 spiro atoms. The van der Waals surface area contributed by atoms with Crippen molar-refractivity contribution >= 4 is 12.0 Å². The van der Waals surface area contributed by atoms with E-state index in [1.54, 1.807) is 0 Å². The molecule has 2 rings (SSSR count). The van der Waals surface area contributed by atoms with Crippen molar-refractivity contribution in [1.29, 1.82) is 0 Å². The van der Waals surface area contributed by atoms with E-state index in [2.05, 4.69) is 32.1 Å². The average Bonchev–Trinajstić information content (AvgIpc) is 2.57. The van der Waals surface area contributed by atoms with Gasteiger partial charge in [0.2, 0.25) is 0 Å². The number of benzene rings is 1. The van der Waals surface area contributed by atoms with Gasteiger partial charge in [-0.1, -0.05) is 50.3 Å². The minimum atomic E-state index is -0.200. The third-order valence-electron chi connectivity index (χ3n) is 3.54. The number of carbonyl (C=O) groups excluding carboxylic acids is 1. The van der Waals surface area contributed by atoms with E-state index >= 15 is 0 Å². The Morgan fingerprint density at radius 3 is 2.61 bits per heavy atom. The van der Waals surface area contributed by atoms with Crippen LogP contribution in [0.25, 0.3) is 6.08 Å². The van der Waals surface area contributed by atoms with E-state index in [0.29, 0.717) is 0 Å². The summed E-state index contributed by atoms with van der Waals surface area (Å²) in [7, 11) is 0. The van der Waals surface area contributed by atoms with Gasteiger partial charge in [0.15, 0.2) is 0 Å². The van der Waals surface area contributed by atoms with Gasteiger partial charge in [-0.05, 0) is 24.0 Å². The Labute approximate surface area is 109 Å². The molecule has 0 N–H and O–H groups in total. The number of carbonyl (C=O) groups is 1. The Morgan fingerprint density at radius 2 is 2.00 bits per heavy atom. The summed E-state index contributed by atoms with van der Waals surface area (Å²) >= 11 is 0. The van der Waals surface area contributed by atoms with E-state index in [1.807, 2.05) is 18.2 Å². The Balaban J connectivity index is 2.27. The van der Waals surface area contributed by atoms with E-state index in [9.17, 15) is 4.79 Å². The molecular formula is C16H20O2. The normalized spacial score (nSPS) is 24.2. The molecule has 0 aromatic heterocycles. The maximum absolute atomic E-state index is 11.2. The summed E-state index contributed by atoms with van der Waals surface area (Å²) < 4.78 is 5.50. The lowest BCUT2D eigenvalue weighted by molar-refractivity contribution is -0.148. The van der Waals surface area contributed by atoms with E-state index in [-0.39, 0.29) is 17.5 Å². The van der Waals surface area contributed by atoms with Crippen molar-refractivity contribution in [2.24, 2.45) is 5.41 Å². The van der Waals surface area contributed by atoms with Crippen LogP contribution in [0.4, 0.5) is 0 Å². The fourth-order valence-corrected chi connectivity index (χ4v) is 2.54. The second-order valence-electron chi connectivity index (χ2n) is 5.61. The molecular weight excluding hydrogens is 224 g/mol. The van der Waals surface area contributed by atoms with Gasteiger partial charge in [-0.3, -0.25) is 4.79 Å². The van der Waals surface area contributed by atoms with Crippen molar-refractivity contribution in [3.63, 3.8) is 0 Å². The molecule has 18 heavy (non-hydrogen) atoms. The lowest BCUT2D eigenvalue weighted by atomic mass is 9.88. The number of ether oxygens (including phenoxy) is 1. The van der Waals surface area contributed by atoms with Gasteiger partial charge in [0.25, 0.3) is 0 Å². The molecule has 1 unspecified atom stereocenters. The predicted octanol–water partition coefficient (Wildman–Crippen LogP) is 3.82. The molecule has 0 amide bonds. The van der Waals surface area contributed by atoms with E-state index in [4.69, 9.17) is 4.74 Å². The van der Waals surface area contributed by atoms with Gasteiger partial charge in [-0.15, -0.1) is 0 Å². The SMILES string of the molecule is CC(=O)OC1/C(=C/c2ccccc2)CCC1(C)C. The first-order valence-corrected chi connectivity index (χ1v) is 6.42. The highest BCUT2D eigenvalue weighted by Crippen LogP contribution is 2.43. The average molecular weight is 244 g/mol. The highest BCUT2D eigenvalue weighted by atomic mass is 16.5. The fourth-order valence-electron chi connectivity index (χ4n) is 2.54. The number of hydrogen-bond acceptors (Lipinski definition) is 2. The summed E-state index contributed by atoms with van der Waals surface area (Å²) in [6.07, 6.45) is 4.13. The standard InChI is InChI=1S/C16H20O2/c1-12(17)18-15-14(9-10-16(15,2)3)11-13-7-5-4-6-8-13/h4-8,11,15H,9-10H2,1-3H3/b14-11+. The number of rotatable bonds is 2. The first kappa shape index (κ1) is 12.9. The number of hydrogen-bond donors (Lipinski definition) is 0. The van der Waals surface area contributed by atoms with Crippen LogP contribution < -0.4 is 0 Å². The van der Waals surface area contributed by atoms with E-state index in [0.717, 1.165) is 12.8 Å². The third-order valence-corrected chi connectivity index (χ3v) is 3.54. The smallest absolute Gasteiger partial charge is 0.303 e. The Bertz CT molecular complexity index is 457. The van der Waals surface area contributed by atoms with Crippen molar-refractivity contribution in [2.45, 2.75) is 39.7 Å². The lowest BCUT2D eigenvalue weighted by Crippen LogP contribution is -2.29. The molecule has 0 bridgehead atoms. The van der Waals surface area contributed by atoms with Gasteiger partial charge < -0.3 is 4.74 Å². The molecule has 1 aromatic carbocycles. The lowest BCUT2D eigenvalue weighted by Gasteiger charge is -2.27. The molecule has 0 aliphatic heterocycles. The van der Waals surface area contributed by atoms with Crippen LogP contribution in [0.3, 0.4) is 0 Å². The van der Waals surface area contributed by atoms with E-state index < -0.39 is 0 Å². The van der Waals surface area contributed by atoms with Gasteiger partial charge >= 0.3 is 5.97 Å². The topological polar surface area (TPSA) is 26.3 Å². The Kier molecular flexibility index (Phi) is 3.55. The quantitative estimate of drug-likeness (QED) is 0.739. The first-order chi connectivity index (χ1) is 8.49. The zero-order valence-corrected chi connectivity index (χ0v) is 11.3. The molecule has 2 heteroatoms. The Hall–Kier alpha value is -1.57. The molecule has 1 aliphatic rings.